The number of ether oxygens (including phenoxy) is 1. The van der Waals surface area contributed by atoms with E-state index in [-0.39, 0.29) is 11.7 Å². The molecule has 1 aromatic heterocycles. The summed E-state index contributed by atoms with van der Waals surface area (Å²) in [6.07, 6.45) is -0.635. The Kier molecular flexibility index (Phi) is 8.73. The van der Waals surface area contributed by atoms with Crippen molar-refractivity contribution in [3.05, 3.63) is 35.7 Å². The highest BCUT2D eigenvalue weighted by Gasteiger charge is 2.31. The predicted octanol–water partition coefficient (Wildman–Crippen LogP) is 6.49. The Morgan fingerprint density at radius 3 is 2.35 bits per heavy atom. The molecule has 0 fully saturated rings. The van der Waals surface area contributed by atoms with Crippen molar-refractivity contribution in [1.82, 2.24) is 9.97 Å². The van der Waals surface area contributed by atoms with Gasteiger partial charge in [0.05, 0.1) is 12.2 Å². The van der Waals surface area contributed by atoms with Crippen molar-refractivity contribution in [3.63, 3.8) is 0 Å². The van der Waals surface area contributed by atoms with E-state index in [1.165, 1.54) is 12.1 Å². The van der Waals surface area contributed by atoms with E-state index >= 15 is 0 Å². The van der Waals surface area contributed by atoms with Gasteiger partial charge in [0, 0.05) is 24.1 Å². The molecule has 0 aliphatic heterocycles. The predicted molar refractivity (Wildman–Crippen MR) is 118 cm³/mol. The second kappa shape index (κ2) is 11.0. The Hall–Kier alpha value is -2.75. The first-order valence-electron chi connectivity index (χ1n) is 10.6. The van der Waals surface area contributed by atoms with Crippen LogP contribution in [0.5, 0.6) is 5.75 Å². The summed E-state index contributed by atoms with van der Waals surface area (Å²) >= 11 is 0. The molecular weight excluding hydrogens is 403 g/mol. The molecule has 1 unspecified atom stereocenters. The summed E-state index contributed by atoms with van der Waals surface area (Å²) in [6.45, 7) is 8.52. The molecular formula is C24H30F3N3O. The van der Waals surface area contributed by atoms with Crippen molar-refractivity contribution in [2.75, 3.05) is 18.5 Å². The van der Waals surface area contributed by atoms with E-state index in [4.69, 9.17) is 9.97 Å². The molecule has 1 atom stereocenters. The molecule has 0 bridgehead atoms. The number of halogens is 3. The first-order chi connectivity index (χ1) is 14.7. The molecule has 168 valence electrons. The molecule has 7 heteroatoms. The highest BCUT2D eigenvalue weighted by Crippen LogP contribution is 2.33. The third-order valence-electron chi connectivity index (χ3n) is 5.12. The number of alkyl halides is 3. The fourth-order valence-corrected chi connectivity index (χ4v) is 3.41. The SMILES string of the molecule is CC#CCN(C)c1nc(C(CC)CCCC)nc(-c2ccc(OC(F)(F)F)cc2)c1C. The molecule has 0 aliphatic rings. The van der Waals surface area contributed by atoms with Crippen LogP contribution in [0.15, 0.2) is 24.3 Å². The van der Waals surface area contributed by atoms with Crippen molar-refractivity contribution in [1.29, 1.82) is 0 Å². The second-order valence-electron chi connectivity index (χ2n) is 7.48. The lowest BCUT2D eigenvalue weighted by atomic mass is 9.97. The summed E-state index contributed by atoms with van der Waals surface area (Å²) in [5.74, 6) is 7.46. The van der Waals surface area contributed by atoms with Gasteiger partial charge in [0.25, 0.3) is 0 Å². The summed E-state index contributed by atoms with van der Waals surface area (Å²) in [6, 6.07) is 5.82. The minimum absolute atomic E-state index is 0.219. The molecule has 0 radical (unpaired) electrons. The third-order valence-corrected chi connectivity index (χ3v) is 5.12. The van der Waals surface area contributed by atoms with Crippen molar-refractivity contribution >= 4 is 5.82 Å². The summed E-state index contributed by atoms with van der Waals surface area (Å²) in [7, 11) is 1.93. The van der Waals surface area contributed by atoms with Gasteiger partial charge in [-0.1, -0.05) is 32.6 Å². The van der Waals surface area contributed by atoms with Crippen LogP contribution in [0.2, 0.25) is 0 Å². The number of aromatic nitrogens is 2. The Morgan fingerprint density at radius 2 is 1.81 bits per heavy atom. The molecule has 31 heavy (non-hydrogen) atoms. The standard InChI is InChI=1S/C24H30F3N3O/c1-6-9-11-18(8-3)22-28-21(17(4)23(29-22)30(5)16-10-7-2)19-12-14-20(15-13-19)31-24(25,26)27/h12-15,18H,6,8-9,11,16H2,1-5H3. The molecule has 0 saturated carbocycles. The molecule has 1 aromatic carbocycles. The van der Waals surface area contributed by atoms with Crippen LogP contribution in [0.25, 0.3) is 11.3 Å². The zero-order chi connectivity index (χ0) is 23.0. The quantitative estimate of drug-likeness (QED) is 0.424. The van der Waals surface area contributed by atoms with Crippen LogP contribution in [-0.4, -0.2) is 29.9 Å². The molecule has 2 rings (SSSR count). The van der Waals surface area contributed by atoms with Gasteiger partial charge in [0.15, 0.2) is 0 Å². The van der Waals surface area contributed by atoms with Crippen LogP contribution in [0.1, 0.15) is 63.8 Å². The number of anilines is 1. The van der Waals surface area contributed by atoms with E-state index in [0.717, 1.165) is 48.5 Å². The van der Waals surface area contributed by atoms with Gasteiger partial charge < -0.3 is 9.64 Å². The molecule has 2 aromatic rings. The van der Waals surface area contributed by atoms with Crippen LogP contribution >= 0.6 is 0 Å². The number of hydrogen-bond donors (Lipinski definition) is 0. The van der Waals surface area contributed by atoms with E-state index in [2.05, 4.69) is 30.4 Å². The molecule has 0 amide bonds. The van der Waals surface area contributed by atoms with E-state index in [1.54, 1.807) is 19.1 Å². The highest BCUT2D eigenvalue weighted by molar-refractivity contribution is 5.69. The van der Waals surface area contributed by atoms with Crippen molar-refractivity contribution in [3.8, 4) is 28.8 Å². The van der Waals surface area contributed by atoms with Gasteiger partial charge >= 0.3 is 6.36 Å². The van der Waals surface area contributed by atoms with Gasteiger partial charge in [0.1, 0.15) is 17.4 Å². The first kappa shape index (κ1) is 24.5. The van der Waals surface area contributed by atoms with E-state index in [0.29, 0.717) is 12.2 Å². The van der Waals surface area contributed by atoms with Crippen LogP contribution < -0.4 is 9.64 Å². The molecule has 1 heterocycles. The van der Waals surface area contributed by atoms with Gasteiger partial charge in [-0.05, 0) is 51.0 Å². The van der Waals surface area contributed by atoms with Crippen LogP contribution in [0.3, 0.4) is 0 Å². The van der Waals surface area contributed by atoms with Crippen LogP contribution in [0.4, 0.5) is 19.0 Å². The lowest BCUT2D eigenvalue weighted by Gasteiger charge is -2.23. The summed E-state index contributed by atoms with van der Waals surface area (Å²) < 4.78 is 41.5. The average molecular weight is 434 g/mol. The summed E-state index contributed by atoms with van der Waals surface area (Å²) in [4.78, 5) is 11.7. The smallest absolute Gasteiger partial charge is 0.406 e. The largest absolute Gasteiger partial charge is 0.573 e. The lowest BCUT2D eigenvalue weighted by molar-refractivity contribution is -0.274. The summed E-state index contributed by atoms with van der Waals surface area (Å²) in [5, 5.41) is 0. The molecule has 0 saturated heterocycles. The minimum atomic E-state index is -4.72. The number of rotatable bonds is 9. The fourth-order valence-electron chi connectivity index (χ4n) is 3.41. The molecule has 0 N–H and O–H groups in total. The maximum absolute atomic E-state index is 12.5. The highest BCUT2D eigenvalue weighted by atomic mass is 19.4. The van der Waals surface area contributed by atoms with Gasteiger partial charge in [-0.3, -0.25) is 0 Å². The van der Waals surface area contributed by atoms with Gasteiger partial charge in [-0.25, -0.2) is 9.97 Å². The van der Waals surface area contributed by atoms with Gasteiger partial charge in [-0.2, -0.15) is 0 Å². The molecule has 4 nitrogen and oxygen atoms in total. The summed E-state index contributed by atoms with van der Waals surface area (Å²) in [5.41, 5.74) is 2.29. The zero-order valence-electron chi connectivity index (χ0n) is 18.8. The number of unbranched alkanes of at least 4 members (excludes halogenated alkanes) is 1. The normalized spacial score (nSPS) is 12.1. The van der Waals surface area contributed by atoms with E-state index < -0.39 is 6.36 Å². The topological polar surface area (TPSA) is 38.2 Å². The van der Waals surface area contributed by atoms with E-state index in [1.807, 2.05) is 18.9 Å². The second-order valence-corrected chi connectivity index (χ2v) is 7.48. The lowest BCUT2D eigenvalue weighted by Crippen LogP contribution is -2.22. The molecule has 0 aliphatic carbocycles. The van der Waals surface area contributed by atoms with Gasteiger partial charge in [0.2, 0.25) is 0 Å². The van der Waals surface area contributed by atoms with Crippen molar-refractivity contribution in [2.24, 2.45) is 0 Å². The minimum Gasteiger partial charge on any atom is -0.406 e. The van der Waals surface area contributed by atoms with Gasteiger partial charge in [-0.15, -0.1) is 19.1 Å². The monoisotopic (exact) mass is 433 g/mol. The van der Waals surface area contributed by atoms with Crippen molar-refractivity contribution < 1.29 is 17.9 Å². The van der Waals surface area contributed by atoms with E-state index in [9.17, 15) is 13.2 Å². The Bertz CT molecular complexity index is 915. The number of hydrogen-bond acceptors (Lipinski definition) is 4. The van der Waals surface area contributed by atoms with Crippen molar-refractivity contribution in [2.45, 2.75) is 65.7 Å². The number of benzene rings is 1. The Balaban J connectivity index is 2.53. The number of nitrogens with zero attached hydrogens (tertiary/aromatic N) is 3. The first-order valence-corrected chi connectivity index (χ1v) is 10.6. The third kappa shape index (κ3) is 6.88. The fraction of sp³-hybridized carbons (Fsp3) is 0.500. The maximum Gasteiger partial charge on any atom is 0.573 e. The van der Waals surface area contributed by atoms with Crippen LogP contribution in [0, 0.1) is 18.8 Å². The Morgan fingerprint density at radius 1 is 1.13 bits per heavy atom. The molecule has 0 spiro atoms. The zero-order valence-corrected chi connectivity index (χ0v) is 18.8. The maximum atomic E-state index is 12.5. The average Bonchev–Trinajstić information content (AvgIpc) is 2.72. The Labute approximate surface area is 182 Å². The van der Waals surface area contributed by atoms with Crippen LogP contribution in [-0.2, 0) is 0 Å².